The highest BCUT2D eigenvalue weighted by atomic mass is 32.2. The van der Waals surface area contributed by atoms with Gasteiger partial charge in [0.25, 0.3) is 0 Å². The summed E-state index contributed by atoms with van der Waals surface area (Å²) >= 11 is 0. The summed E-state index contributed by atoms with van der Waals surface area (Å²) in [5.74, 6) is 1.50. The van der Waals surface area contributed by atoms with E-state index in [0.717, 1.165) is 81.6 Å². The fourth-order valence-electron chi connectivity index (χ4n) is 6.81. The molecule has 2 fully saturated rings. The zero-order valence-electron chi connectivity index (χ0n) is 22.9. The monoisotopic (exact) mass is 551 g/mol. The number of carbonyl (C=O) groups excluding carboxylic acids is 1. The predicted molar refractivity (Wildman–Crippen MR) is 152 cm³/mol. The third kappa shape index (κ3) is 5.23. The van der Waals surface area contributed by atoms with Crippen molar-refractivity contribution in [2.45, 2.75) is 50.8 Å². The van der Waals surface area contributed by atoms with E-state index in [1.807, 2.05) is 17.3 Å². The van der Waals surface area contributed by atoms with Gasteiger partial charge < -0.3 is 14.4 Å². The number of benzene rings is 1. The number of pyridine rings is 1. The zero-order valence-corrected chi connectivity index (χ0v) is 23.8. The molecule has 0 saturated carbocycles. The first-order valence-electron chi connectivity index (χ1n) is 14.2. The molecule has 1 amide bonds. The molecule has 2 aromatic heterocycles. The van der Waals surface area contributed by atoms with Crippen LogP contribution in [0.3, 0.4) is 0 Å². The highest BCUT2D eigenvalue weighted by molar-refractivity contribution is 7.94. The van der Waals surface area contributed by atoms with E-state index in [9.17, 15) is 13.4 Å². The van der Waals surface area contributed by atoms with Gasteiger partial charge in [0.15, 0.2) is 0 Å². The molecule has 3 aliphatic rings. The van der Waals surface area contributed by atoms with Crippen LogP contribution < -0.4 is 0 Å². The maximum absolute atomic E-state index is 14.4. The van der Waals surface area contributed by atoms with Crippen LogP contribution in [0.2, 0.25) is 0 Å². The van der Waals surface area contributed by atoms with Crippen molar-refractivity contribution in [2.75, 3.05) is 45.0 Å². The van der Waals surface area contributed by atoms with Crippen molar-refractivity contribution in [3.63, 3.8) is 0 Å². The maximum Gasteiger partial charge on any atom is 0.219 e. The van der Waals surface area contributed by atoms with Crippen LogP contribution in [0.1, 0.15) is 43.7 Å². The summed E-state index contributed by atoms with van der Waals surface area (Å²) < 4.78 is 34.6. The molecular formula is C30H38FN5O2S. The summed E-state index contributed by atoms with van der Waals surface area (Å²) in [6.07, 6.45) is 11.0. The molecule has 1 aromatic carbocycles. The molecule has 7 nitrogen and oxygen atoms in total. The van der Waals surface area contributed by atoms with Gasteiger partial charge in [0.1, 0.15) is 5.82 Å². The summed E-state index contributed by atoms with van der Waals surface area (Å²) in [7, 11) is -2.64. The molecule has 0 spiro atoms. The number of aromatic nitrogens is 2. The number of nitrogens with zero attached hydrogens (tertiary/aromatic N) is 5. The summed E-state index contributed by atoms with van der Waals surface area (Å²) in [6.45, 7) is 9.40. The average Bonchev–Trinajstić information content (AvgIpc) is 3.65. The van der Waals surface area contributed by atoms with Gasteiger partial charge in [-0.1, -0.05) is 0 Å². The minimum Gasteiger partial charge on any atom is -0.343 e. The number of piperidine rings is 1. The highest BCUT2D eigenvalue weighted by Gasteiger charge is 2.29. The van der Waals surface area contributed by atoms with Crippen molar-refractivity contribution in [1.82, 2.24) is 19.4 Å². The van der Waals surface area contributed by atoms with Crippen LogP contribution in [0.25, 0.3) is 16.6 Å². The predicted octanol–water partition coefficient (Wildman–Crippen LogP) is 4.83. The number of amides is 1. The second-order valence-electron chi connectivity index (χ2n) is 11.6. The number of hydrogen-bond donors (Lipinski definition) is 0. The lowest BCUT2D eigenvalue weighted by Crippen LogP contribution is -2.40. The van der Waals surface area contributed by atoms with E-state index in [-0.39, 0.29) is 11.7 Å². The van der Waals surface area contributed by atoms with Crippen molar-refractivity contribution in [1.29, 1.82) is 0 Å². The Morgan fingerprint density at radius 2 is 1.92 bits per heavy atom. The fraction of sp³-hybridized carbons (Fsp3) is 0.533. The summed E-state index contributed by atoms with van der Waals surface area (Å²) in [6, 6.07) is 4.60. The van der Waals surface area contributed by atoms with Gasteiger partial charge in [0.05, 0.1) is 32.0 Å². The number of rotatable bonds is 6. The molecule has 2 saturated heterocycles. The van der Waals surface area contributed by atoms with Gasteiger partial charge >= 0.3 is 0 Å². The molecule has 0 radical (unpaired) electrons. The Labute approximate surface area is 230 Å². The minimum atomic E-state index is -2.64. The van der Waals surface area contributed by atoms with Crippen LogP contribution in [0.5, 0.6) is 0 Å². The van der Waals surface area contributed by atoms with Crippen LogP contribution in [-0.4, -0.2) is 74.5 Å². The molecule has 5 heterocycles. The quantitative estimate of drug-likeness (QED) is 0.440. The smallest absolute Gasteiger partial charge is 0.219 e. The third-order valence-electron chi connectivity index (χ3n) is 8.84. The van der Waals surface area contributed by atoms with E-state index in [1.54, 1.807) is 13.0 Å². The number of halogens is 1. The SMILES string of the molecule is CC(=O)N1CCC(CN2CC[C@H](Cc3cn(-c4ccc(F)cc4[S@@]4(=O)=NCCC4)c4cncc(C)c34)C2)CC1. The number of aryl methyl sites for hydroxylation is 1. The average molecular weight is 552 g/mol. The Hall–Kier alpha value is -2.78. The first kappa shape index (κ1) is 26.4. The Morgan fingerprint density at radius 3 is 2.67 bits per heavy atom. The lowest BCUT2D eigenvalue weighted by atomic mass is 9.96. The van der Waals surface area contributed by atoms with E-state index in [1.165, 1.54) is 23.1 Å². The second kappa shape index (κ2) is 10.7. The van der Waals surface area contributed by atoms with Crippen LogP contribution in [0, 0.1) is 24.6 Å². The van der Waals surface area contributed by atoms with Gasteiger partial charge in [-0.3, -0.25) is 9.78 Å². The van der Waals surface area contributed by atoms with Crippen LogP contribution in [0.4, 0.5) is 4.39 Å². The van der Waals surface area contributed by atoms with Crippen molar-refractivity contribution < 1.29 is 13.4 Å². The van der Waals surface area contributed by atoms with Crippen LogP contribution >= 0.6 is 0 Å². The third-order valence-corrected chi connectivity index (χ3v) is 11.3. The number of carbonyl (C=O) groups is 1. The van der Waals surface area contributed by atoms with Gasteiger partial charge in [-0.2, -0.15) is 0 Å². The molecule has 2 atom stereocenters. The van der Waals surface area contributed by atoms with E-state index >= 15 is 0 Å². The Morgan fingerprint density at radius 1 is 1.13 bits per heavy atom. The molecule has 6 rings (SSSR count). The van der Waals surface area contributed by atoms with Crippen molar-refractivity contribution in [3.05, 3.63) is 53.7 Å². The van der Waals surface area contributed by atoms with Crippen LogP contribution in [-0.2, 0) is 20.9 Å². The van der Waals surface area contributed by atoms with Crippen LogP contribution in [0.15, 0.2) is 46.0 Å². The second-order valence-corrected chi connectivity index (χ2v) is 14.0. The molecule has 39 heavy (non-hydrogen) atoms. The highest BCUT2D eigenvalue weighted by Crippen LogP contribution is 2.35. The van der Waals surface area contributed by atoms with Gasteiger partial charge in [-0.25, -0.2) is 13.0 Å². The van der Waals surface area contributed by atoms with Gasteiger partial charge in [-0.05, 0) is 86.7 Å². The Bertz CT molecular complexity index is 1520. The number of fused-ring (bicyclic) bond motifs is 1. The lowest BCUT2D eigenvalue weighted by Gasteiger charge is -2.33. The molecule has 9 heteroatoms. The zero-order chi connectivity index (χ0) is 27.1. The largest absolute Gasteiger partial charge is 0.343 e. The summed E-state index contributed by atoms with van der Waals surface area (Å²) in [4.78, 5) is 21.2. The summed E-state index contributed by atoms with van der Waals surface area (Å²) in [5.41, 5.74) is 4.08. The first-order chi connectivity index (χ1) is 18.8. The normalized spacial score (nSPS) is 24.5. The molecule has 208 valence electrons. The number of hydrogen-bond acceptors (Lipinski definition) is 5. The minimum absolute atomic E-state index is 0.191. The molecule has 0 aliphatic carbocycles. The van der Waals surface area contributed by atoms with Gasteiger partial charge in [0, 0.05) is 63.2 Å². The lowest BCUT2D eigenvalue weighted by molar-refractivity contribution is -0.130. The molecule has 0 unspecified atom stereocenters. The fourth-order valence-corrected chi connectivity index (χ4v) is 9.03. The van der Waals surface area contributed by atoms with Gasteiger partial charge in [-0.15, -0.1) is 0 Å². The van der Waals surface area contributed by atoms with E-state index in [4.69, 9.17) is 0 Å². The topological polar surface area (TPSA) is 70.8 Å². The molecule has 3 aliphatic heterocycles. The van der Waals surface area contributed by atoms with Crippen molar-refractivity contribution >= 4 is 26.5 Å². The van der Waals surface area contributed by atoms with Crippen molar-refractivity contribution in [2.24, 2.45) is 16.2 Å². The summed E-state index contributed by atoms with van der Waals surface area (Å²) in [5, 5.41) is 1.19. The molecule has 3 aromatic rings. The Kier molecular flexibility index (Phi) is 7.22. The van der Waals surface area contributed by atoms with E-state index in [2.05, 4.69) is 31.9 Å². The van der Waals surface area contributed by atoms with E-state index in [0.29, 0.717) is 29.0 Å². The standard InChI is InChI=1S/C30H38FN5O2S/c1-21-16-32-17-28-30(21)25(14-24-6-10-34(19-24)18-23-7-11-35(12-8-23)22(2)37)20-36(28)27-5-4-26(31)15-29(27)39(38)13-3-9-33-39/h4-5,15-17,20,23-24H,3,6-14,18-19H2,1-2H3/t24-,39-/m1/s1. The first-order valence-corrected chi connectivity index (χ1v) is 15.9. The molecular weight excluding hydrogens is 513 g/mol. The van der Waals surface area contributed by atoms with E-state index < -0.39 is 9.73 Å². The maximum atomic E-state index is 14.4. The Balaban J connectivity index is 1.25. The molecule has 0 bridgehead atoms. The number of likely N-dealkylation sites (tertiary alicyclic amines) is 2. The van der Waals surface area contributed by atoms with Crippen molar-refractivity contribution in [3.8, 4) is 5.69 Å². The van der Waals surface area contributed by atoms with Gasteiger partial charge in [0.2, 0.25) is 5.91 Å². The molecule has 0 N–H and O–H groups in total.